The number of aromatic nitrogens is 1. The summed E-state index contributed by atoms with van der Waals surface area (Å²) in [5.74, 6) is 3.06. The summed E-state index contributed by atoms with van der Waals surface area (Å²) in [6.45, 7) is 2.21. The molecule has 0 amide bonds. The number of aromatic hydroxyl groups is 1. The lowest BCUT2D eigenvalue weighted by molar-refractivity contribution is -0.00715. The van der Waals surface area contributed by atoms with E-state index in [0.717, 1.165) is 28.4 Å². The number of phenolic OH excluding ortho intramolecular Hbond substituents is 1. The third-order valence-corrected chi connectivity index (χ3v) is 7.46. The molecular weight excluding hydrogens is 328 g/mol. The number of aliphatic imine (C=N–C) groups is 1. The van der Waals surface area contributed by atoms with Crippen molar-refractivity contribution in [3.8, 4) is 5.75 Å². The highest BCUT2D eigenvalue weighted by Crippen LogP contribution is 2.61. The monoisotopic (exact) mass is 352 g/mol. The molecule has 6 rings (SSSR count). The highest BCUT2D eigenvalue weighted by atomic mass is 32.1. The van der Waals surface area contributed by atoms with E-state index in [9.17, 15) is 5.11 Å². The van der Waals surface area contributed by atoms with Gasteiger partial charge in [-0.25, -0.2) is 9.98 Å². The van der Waals surface area contributed by atoms with Crippen molar-refractivity contribution in [1.82, 2.24) is 4.98 Å². The molecule has 4 fully saturated rings. The maximum Gasteiger partial charge on any atom is 0.209 e. The number of para-hydroxylation sites is 1. The second kappa shape index (κ2) is 5.66. The van der Waals surface area contributed by atoms with Crippen LogP contribution in [-0.4, -0.2) is 16.3 Å². The zero-order valence-corrected chi connectivity index (χ0v) is 15.4. The van der Waals surface area contributed by atoms with Gasteiger partial charge in [-0.1, -0.05) is 23.5 Å². The highest BCUT2D eigenvalue weighted by Gasteiger charge is 2.53. The van der Waals surface area contributed by atoms with Crippen LogP contribution in [0, 0.1) is 24.7 Å². The minimum Gasteiger partial charge on any atom is -0.507 e. The van der Waals surface area contributed by atoms with Gasteiger partial charge in [0.2, 0.25) is 5.13 Å². The fourth-order valence-corrected chi connectivity index (χ4v) is 6.93. The van der Waals surface area contributed by atoms with Crippen molar-refractivity contribution >= 4 is 22.7 Å². The average Bonchev–Trinajstić information content (AvgIpc) is 2.95. The summed E-state index contributed by atoms with van der Waals surface area (Å²) in [5, 5.41) is 10.7. The Hall–Kier alpha value is -1.68. The summed E-state index contributed by atoms with van der Waals surface area (Å²) in [4.78, 5) is 10.9. The second-order valence-corrected chi connectivity index (χ2v) is 9.60. The van der Waals surface area contributed by atoms with Crippen molar-refractivity contribution < 1.29 is 5.11 Å². The van der Waals surface area contributed by atoms with Crippen molar-refractivity contribution in [2.45, 2.75) is 50.9 Å². The molecule has 0 unspecified atom stereocenters. The van der Waals surface area contributed by atoms with E-state index in [4.69, 9.17) is 4.98 Å². The Bertz CT molecular complexity index is 803. The summed E-state index contributed by atoms with van der Waals surface area (Å²) < 4.78 is 0. The quantitative estimate of drug-likeness (QED) is 0.754. The summed E-state index contributed by atoms with van der Waals surface area (Å²) in [6, 6.07) is 7.30. The van der Waals surface area contributed by atoms with Crippen LogP contribution in [0.1, 0.15) is 54.7 Å². The molecule has 4 aliphatic rings. The molecule has 4 heteroatoms. The van der Waals surface area contributed by atoms with Gasteiger partial charge in [-0.3, -0.25) is 0 Å². The number of phenols is 1. The van der Waals surface area contributed by atoms with E-state index in [2.05, 4.69) is 11.9 Å². The first-order valence-electron chi connectivity index (χ1n) is 9.41. The third kappa shape index (κ3) is 2.62. The normalized spacial score (nSPS) is 33.4. The maximum atomic E-state index is 9.89. The topological polar surface area (TPSA) is 45.5 Å². The molecule has 2 aromatic rings. The minimum atomic E-state index is 0.265. The van der Waals surface area contributed by atoms with Crippen LogP contribution in [0.2, 0.25) is 0 Å². The summed E-state index contributed by atoms with van der Waals surface area (Å²) in [7, 11) is 0. The van der Waals surface area contributed by atoms with Gasteiger partial charge in [0.05, 0.1) is 5.69 Å². The van der Waals surface area contributed by atoms with Crippen molar-refractivity contribution in [1.29, 1.82) is 0 Å². The molecule has 0 radical (unpaired) electrons. The Morgan fingerprint density at radius 3 is 2.40 bits per heavy atom. The first kappa shape index (κ1) is 15.6. The number of rotatable bonds is 3. The van der Waals surface area contributed by atoms with E-state index >= 15 is 0 Å². The molecule has 0 saturated heterocycles. The third-order valence-electron chi connectivity index (χ3n) is 6.58. The van der Waals surface area contributed by atoms with E-state index in [1.54, 1.807) is 23.6 Å². The fourth-order valence-electron chi connectivity index (χ4n) is 6.05. The van der Waals surface area contributed by atoms with Crippen LogP contribution in [-0.2, 0) is 5.41 Å². The van der Waals surface area contributed by atoms with Gasteiger partial charge < -0.3 is 5.11 Å². The summed E-state index contributed by atoms with van der Waals surface area (Å²) in [6.07, 6.45) is 10.1. The van der Waals surface area contributed by atoms with Crippen molar-refractivity contribution in [3.63, 3.8) is 0 Å². The predicted octanol–water partition coefficient (Wildman–Crippen LogP) is 5.38. The lowest BCUT2D eigenvalue weighted by atomic mass is 9.48. The van der Waals surface area contributed by atoms with Crippen LogP contribution in [0.3, 0.4) is 0 Å². The molecule has 1 N–H and O–H groups in total. The van der Waals surface area contributed by atoms with Gasteiger partial charge in [0.25, 0.3) is 0 Å². The van der Waals surface area contributed by atoms with Gasteiger partial charge in [0.15, 0.2) is 0 Å². The number of aryl methyl sites for hydroxylation is 1. The fraction of sp³-hybridized carbons (Fsp3) is 0.524. The average molecular weight is 353 g/mol. The largest absolute Gasteiger partial charge is 0.507 e. The Morgan fingerprint density at radius 2 is 1.76 bits per heavy atom. The molecule has 4 saturated carbocycles. The molecule has 3 nitrogen and oxygen atoms in total. The van der Waals surface area contributed by atoms with Crippen LogP contribution in [0.15, 0.2) is 29.3 Å². The molecule has 0 aliphatic heterocycles. The first-order valence-corrected chi connectivity index (χ1v) is 10.2. The van der Waals surface area contributed by atoms with Gasteiger partial charge in [-0.05, 0) is 75.3 Å². The molecular formula is C21H24N2OS. The van der Waals surface area contributed by atoms with Gasteiger partial charge in [-0.15, -0.1) is 0 Å². The van der Waals surface area contributed by atoms with E-state index in [0.29, 0.717) is 5.41 Å². The smallest absolute Gasteiger partial charge is 0.209 e. The van der Waals surface area contributed by atoms with Crippen LogP contribution in [0.5, 0.6) is 5.75 Å². The SMILES string of the molecule is Cc1sc(/N=C/c2ccccc2O)nc1C12CC3CC(CC(C3)C1)C2. The van der Waals surface area contributed by atoms with E-state index in [-0.39, 0.29) is 5.75 Å². The van der Waals surface area contributed by atoms with Crippen LogP contribution in [0.4, 0.5) is 5.13 Å². The molecule has 1 heterocycles. The second-order valence-electron chi connectivity index (χ2n) is 8.42. The highest BCUT2D eigenvalue weighted by molar-refractivity contribution is 7.15. The first-order chi connectivity index (χ1) is 12.1. The van der Waals surface area contributed by atoms with Gasteiger partial charge in [0, 0.05) is 22.1 Å². The number of hydrogen-bond donors (Lipinski definition) is 1. The van der Waals surface area contributed by atoms with Gasteiger partial charge in [-0.2, -0.15) is 0 Å². The molecule has 0 spiro atoms. The summed E-state index contributed by atoms with van der Waals surface area (Å²) in [5.41, 5.74) is 2.41. The van der Waals surface area contributed by atoms with Crippen LogP contribution >= 0.6 is 11.3 Å². The standard InChI is InChI=1S/C21H24N2OS/c1-13-19(21-9-14-6-15(10-21)8-16(7-14)11-21)23-20(25-13)22-12-17-4-2-3-5-18(17)24/h2-5,12,14-16,24H,6-11H2,1H3/b22-12+. The van der Waals surface area contributed by atoms with Crippen LogP contribution in [0.25, 0.3) is 0 Å². The Balaban J connectivity index is 1.46. The Labute approximate surface area is 152 Å². The van der Waals surface area contributed by atoms with Crippen LogP contribution < -0.4 is 0 Å². The maximum absolute atomic E-state index is 9.89. The van der Waals surface area contributed by atoms with Crippen molar-refractivity contribution in [2.24, 2.45) is 22.7 Å². The molecule has 0 atom stereocenters. The Morgan fingerprint density at radius 1 is 1.12 bits per heavy atom. The molecule has 1 aromatic carbocycles. The lowest BCUT2D eigenvalue weighted by Crippen LogP contribution is -2.49. The van der Waals surface area contributed by atoms with Crippen molar-refractivity contribution in [3.05, 3.63) is 40.4 Å². The number of thiazole rings is 1. The number of hydrogen-bond acceptors (Lipinski definition) is 4. The Kier molecular flexibility index (Phi) is 3.53. The zero-order valence-electron chi connectivity index (χ0n) is 14.6. The molecule has 25 heavy (non-hydrogen) atoms. The molecule has 130 valence electrons. The zero-order chi connectivity index (χ0) is 17.0. The van der Waals surface area contributed by atoms with Gasteiger partial charge >= 0.3 is 0 Å². The number of nitrogens with zero attached hydrogens (tertiary/aromatic N) is 2. The molecule has 4 aliphatic carbocycles. The number of benzene rings is 1. The van der Waals surface area contributed by atoms with E-state index in [1.807, 2.05) is 18.2 Å². The minimum absolute atomic E-state index is 0.265. The van der Waals surface area contributed by atoms with Gasteiger partial charge in [0.1, 0.15) is 5.75 Å². The lowest BCUT2D eigenvalue weighted by Gasteiger charge is -2.56. The van der Waals surface area contributed by atoms with Crippen molar-refractivity contribution in [2.75, 3.05) is 0 Å². The molecule has 4 bridgehead atoms. The summed E-state index contributed by atoms with van der Waals surface area (Å²) >= 11 is 1.70. The van der Waals surface area contributed by atoms with E-state index < -0.39 is 0 Å². The molecule has 1 aromatic heterocycles. The predicted molar refractivity (Wildman–Crippen MR) is 102 cm³/mol. The van der Waals surface area contributed by atoms with E-state index in [1.165, 1.54) is 49.1 Å².